The van der Waals surface area contributed by atoms with E-state index < -0.39 is 11.9 Å². The molecule has 0 aliphatic carbocycles. The molecular formula is C16H13BrO6. The molecule has 23 heavy (non-hydrogen) atoms. The van der Waals surface area contributed by atoms with Gasteiger partial charge in [0.1, 0.15) is 17.2 Å². The van der Waals surface area contributed by atoms with E-state index in [1.165, 1.54) is 18.2 Å². The molecule has 0 aliphatic rings. The molecule has 0 fully saturated rings. The summed E-state index contributed by atoms with van der Waals surface area (Å²) in [6.07, 6.45) is 0. The third kappa shape index (κ3) is 4.72. The number of benzene rings is 2. The maximum absolute atomic E-state index is 11.8. The highest BCUT2D eigenvalue weighted by atomic mass is 79.9. The van der Waals surface area contributed by atoms with Crippen LogP contribution in [0.15, 0.2) is 46.9 Å². The molecule has 0 heterocycles. The number of hydrogen-bond acceptors (Lipinski definition) is 5. The first kappa shape index (κ1) is 16.8. The zero-order valence-corrected chi connectivity index (χ0v) is 13.7. The van der Waals surface area contributed by atoms with Crippen molar-refractivity contribution in [1.82, 2.24) is 0 Å². The summed E-state index contributed by atoms with van der Waals surface area (Å²) in [6.45, 7) is -0.278. The Labute approximate surface area is 140 Å². The zero-order chi connectivity index (χ0) is 16.8. The van der Waals surface area contributed by atoms with E-state index in [1.54, 1.807) is 31.4 Å². The summed E-state index contributed by atoms with van der Waals surface area (Å²) < 4.78 is 15.8. The van der Waals surface area contributed by atoms with Crippen LogP contribution < -0.4 is 14.2 Å². The van der Waals surface area contributed by atoms with Crippen LogP contribution in [0.5, 0.6) is 17.2 Å². The van der Waals surface area contributed by atoms with Crippen molar-refractivity contribution in [3.05, 3.63) is 52.5 Å². The van der Waals surface area contributed by atoms with Gasteiger partial charge in [-0.25, -0.2) is 9.59 Å². The van der Waals surface area contributed by atoms with Crippen molar-refractivity contribution in [2.75, 3.05) is 13.7 Å². The van der Waals surface area contributed by atoms with Crippen molar-refractivity contribution in [1.29, 1.82) is 0 Å². The fourth-order valence-electron chi connectivity index (χ4n) is 1.68. The van der Waals surface area contributed by atoms with Gasteiger partial charge < -0.3 is 19.3 Å². The number of halogens is 1. The number of methoxy groups -OCH3 is 1. The molecule has 0 radical (unpaired) electrons. The molecule has 2 aromatic rings. The molecule has 2 rings (SSSR count). The van der Waals surface area contributed by atoms with Crippen molar-refractivity contribution in [2.45, 2.75) is 0 Å². The number of hydrogen-bond donors (Lipinski definition) is 1. The molecule has 1 N–H and O–H groups in total. The largest absolute Gasteiger partial charge is 0.497 e. The maximum atomic E-state index is 11.8. The molecule has 0 amide bonds. The van der Waals surface area contributed by atoms with E-state index in [2.05, 4.69) is 15.9 Å². The molecule has 7 heteroatoms. The maximum Gasteiger partial charge on any atom is 0.349 e. The smallest absolute Gasteiger partial charge is 0.349 e. The van der Waals surface area contributed by atoms with Crippen molar-refractivity contribution in [3.63, 3.8) is 0 Å². The quantitative estimate of drug-likeness (QED) is 0.612. The topological polar surface area (TPSA) is 82.1 Å². The molecule has 0 spiro atoms. The number of esters is 1. The number of aromatic carboxylic acids is 1. The average Bonchev–Trinajstić information content (AvgIpc) is 2.55. The van der Waals surface area contributed by atoms with Gasteiger partial charge in [-0.1, -0.05) is 0 Å². The first-order valence-corrected chi connectivity index (χ1v) is 7.29. The normalized spacial score (nSPS) is 10.0. The number of carboxylic acid groups (broad SMARTS) is 1. The molecule has 0 atom stereocenters. The number of carbonyl (C=O) groups excluding carboxylic acids is 1. The van der Waals surface area contributed by atoms with Crippen LogP contribution in [0.25, 0.3) is 0 Å². The van der Waals surface area contributed by atoms with Gasteiger partial charge in [0.2, 0.25) is 0 Å². The molecule has 2 aromatic carbocycles. The lowest BCUT2D eigenvalue weighted by Crippen LogP contribution is -2.18. The summed E-state index contributed by atoms with van der Waals surface area (Å²) in [6, 6.07) is 10.9. The van der Waals surface area contributed by atoms with E-state index in [0.29, 0.717) is 16.0 Å². The Bertz CT molecular complexity index is 711. The van der Waals surface area contributed by atoms with E-state index in [0.717, 1.165) is 0 Å². The van der Waals surface area contributed by atoms with Crippen molar-refractivity contribution in [3.8, 4) is 17.2 Å². The van der Waals surface area contributed by atoms with Crippen LogP contribution in [0.3, 0.4) is 0 Å². The lowest BCUT2D eigenvalue weighted by molar-refractivity contribution is -0.136. The van der Waals surface area contributed by atoms with Crippen molar-refractivity contribution >= 4 is 27.9 Å². The van der Waals surface area contributed by atoms with Gasteiger partial charge in [-0.15, -0.1) is 0 Å². The van der Waals surface area contributed by atoms with Crippen LogP contribution in [-0.4, -0.2) is 30.8 Å². The van der Waals surface area contributed by atoms with Gasteiger partial charge in [0.05, 0.1) is 17.1 Å². The van der Waals surface area contributed by atoms with Crippen LogP contribution in [0.1, 0.15) is 10.4 Å². The predicted molar refractivity (Wildman–Crippen MR) is 85.2 cm³/mol. The van der Waals surface area contributed by atoms with Gasteiger partial charge >= 0.3 is 11.9 Å². The summed E-state index contributed by atoms with van der Waals surface area (Å²) >= 11 is 3.16. The van der Waals surface area contributed by atoms with E-state index in [4.69, 9.17) is 19.3 Å². The standard InChI is InChI=1S/C16H13BrO6/c1-21-11-3-5-12(6-4-11)22-9-15(18)23-14-7-2-10(16(19)20)8-13(14)17/h2-8H,9H2,1H3,(H,19,20). The number of rotatable bonds is 6. The van der Waals surface area contributed by atoms with Crippen LogP contribution in [-0.2, 0) is 4.79 Å². The van der Waals surface area contributed by atoms with Crippen LogP contribution in [0.2, 0.25) is 0 Å². The minimum atomic E-state index is -1.06. The first-order valence-electron chi connectivity index (χ1n) is 6.50. The van der Waals surface area contributed by atoms with E-state index in [1.807, 2.05) is 0 Å². The monoisotopic (exact) mass is 380 g/mol. The Balaban J connectivity index is 1.92. The lowest BCUT2D eigenvalue weighted by Gasteiger charge is -2.09. The summed E-state index contributed by atoms with van der Waals surface area (Å²) in [5.74, 6) is -0.264. The number of ether oxygens (including phenoxy) is 3. The molecule has 0 aromatic heterocycles. The number of carbonyl (C=O) groups is 2. The molecule has 0 unspecified atom stereocenters. The lowest BCUT2D eigenvalue weighted by atomic mass is 10.2. The van der Waals surface area contributed by atoms with Crippen LogP contribution in [0, 0.1) is 0 Å². The number of carboxylic acids is 1. The van der Waals surface area contributed by atoms with Crippen molar-refractivity contribution in [2.24, 2.45) is 0 Å². The highest BCUT2D eigenvalue weighted by Crippen LogP contribution is 2.26. The Kier molecular flexibility index (Phi) is 5.59. The molecule has 120 valence electrons. The second kappa shape index (κ2) is 7.64. The van der Waals surface area contributed by atoms with Crippen molar-refractivity contribution < 1.29 is 28.9 Å². The fourth-order valence-corrected chi connectivity index (χ4v) is 2.14. The van der Waals surface area contributed by atoms with E-state index in [-0.39, 0.29) is 17.9 Å². The highest BCUT2D eigenvalue weighted by molar-refractivity contribution is 9.10. The molecule has 0 saturated carbocycles. The second-order valence-corrected chi connectivity index (χ2v) is 5.24. The van der Waals surface area contributed by atoms with Gasteiger partial charge in [0, 0.05) is 0 Å². The molecular weight excluding hydrogens is 368 g/mol. The van der Waals surface area contributed by atoms with Gasteiger partial charge in [-0.05, 0) is 58.4 Å². The van der Waals surface area contributed by atoms with Gasteiger partial charge in [0.15, 0.2) is 6.61 Å². The zero-order valence-electron chi connectivity index (χ0n) is 12.1. The fraction of sp³-hybridized carbons (Fsp3) is 0.125. The van der Waals surface area contributed by atoms with Gasteiger partial charge in [-0.2, -0.15) is 0 Å². The summed E-state index contributed by atoms with van der Waals surface area (Å²) in [5.41, 5.74) is 0.0890. The third-order valence-electron chi connectivity index (χ3n) is 2.82. The van der Waals surface area contributed by atoms with E-state index >= 15 is 0 Å². The van der Waals surface area contributed by atoms with Crippen LogP contribution >= 0.6 is 15.9 Å². The molecule has 0 bridgehead atoms. The average molecular weight is 381 g/mol. The Hall–Kier alpha value is -2.54. The predicted octanol–water partition coefficient (Wildman–Crippen LogP) is 3.14. The minimum Gasteiger partial charge on any atom is -0.497 e. The molecule has 0 aliphatic heterocycles. The summed E-state index contributed by atoms with van der Waals surface area (Å²) in [5, 5.41) is 8.87. The highest BCUT2D eigenvalue weighted by Gasteiger charge is 2.12. The summed E-state index contributed by atoms with van der Waals surface area (Å²) in [4.78, 5) is 22.6. The Morgan fingerprint density at radius 2 is 1.74 bits per heavy atom. The SMILES string of the molecule is COc1ccc(OCC(=O)Oc2ccc(C(=O)O)cc2Br)cc1. The second-order valence-electron chi connectivity index (χ2n) is 4.39. The minimum absolute atomic E-state index is 0.0890. The molecule has 6 nitrogen and oxygen atoms in total. The first-order chi connectivity index (χ1) is 11.0. The van der Waals surface area contributed by atoms with Crippen LogP contribution in [0.4, 0.5) is 0 Å². The molecule has 0 saturated heterocycles. The Morgan fingerprint density at radius 3 is 2.30 bits per heavy atom. The van der Waals surface area contributed by atoms with E-state index in [9.17, 15) is 9.59 Å². The van der Waals surface area contributed by atoms with Gasteiger partial charge in [-0.3, -0.25) is 0 Å². The van der Waals surface area contributed by atoms with Gasteiger partial charge in [0.25, 0.3) is 0 Å². The summed E-state index contributed by atoms with van der Waals surface area (Å²) in [7, 11) is 1.56. The third-order valence-corrected chi connectivity index (χ3v) is 3.44. The Morgan fingerprint density at radius 1 is 1.09 bits per heavy atom.